The predicted molar refractivity (Wildman–Crippen MR) is 84.5 cm³/mol. The highest BCUT2D eigenvalue weighted by Gasteiger charge is 2.29. The molecule has 0 saturated heterocycles. The van der Waals surface area contributed by atoms with E-state index in [-0.39, 0.29) is 0 Å². The summed E-state index contributed by atoms with van der Waals surface area (Å²) < 4.78 is 17.1. The molecule has 0 N–H and O–H groups in total. The SMILES string of the molecule is COc1ncc2c(n1)-c1ccccc1OC2Oc1ccccc1. The zero-order valence-corrected chi connectivity index (χ0v) is 12.5. The molecule has 0 aliphatic carbocycles. The molecule has 0 saturated carbocycles. The van der Waals surface area contributed by atoms with E-state index in [4.69, 9.17) is 14.2 Å². The third-order valence-corrected chi connectivity index (χ3v) is 3.59. The van der Waals surface area contributed by atoms with Crippen molar-refractivity contribution < 1.29 is 14.2 Å². The van der Waals surface area contributed by atoms with E-state index in [2.05, 4.69) is 9.97 Å². The Labute approximate surface area is 133 Å². The maximum absolute atomic E-state index is 5.99. The van der Waals surface area contributed by atoms with Crippen molar-refractivity contribution in [3.8, 4) is 28.8 Å². The maximum Gasteiger partial charge on any atom is 0.316 e. The van der Waals surface area contributed by atoms with Crippen LogP contribution in [-0.2, 0) is 0 Å². The molecule has 1 aliphatic heterocycles. The molecule has 0 spiro atoms. The van der Waals surface area contributed by atoms with E-state index in [0.717, 1.165) is 28.3 Å². The first-order valence-electron chi connectivity index (χ1n) is 7.24. The zero-order chi connectivity index (χ0) is 15.6. The molecular formula is C18H14N2O3. The summed E-state index contributed by atoms with van der Waals surface area (Å²) in [7, 11) is 1.55. The fraction of sp³-hybridized carbons (Fsp3) is 0.111. The van der Waals surface area contributed by atoms with Gasteiger partial charge in [0.05, 0.1) is 18.4 Å². The van der Waals surface area contributed by atoms with Gasteiger partial charge >= 0.3 is 6.01 Å². The Kier molecular flexibility index (Phi) is 3.31. The van der Waals surface area contributed by atoms with Crippen molar-refractivity contribution in [2.24, 2.45) is 0 Å². The molecule has 3 aromatic rings. The predicted octanol–water partition coefficient (Wildman–Crippen LogP) is 3.62. The Balaban J connectivity index is 1.79. The quantitative estimate of drug-likeness (QED) is 0.739. The Hall–Kier alpha value is -3.08. The van der Waals surface area contributed by atoms with Crippen LogP contribution in [0.4, 0.5) is 0 Å². The molecule has 5 nitrogen and oxygen atoms in total. The molecule has 2 heterocycles. The third kappa shape index (κ3) is 2.46. The lowest BCUT2D eigenvalue weighted by Crippen LogP contribution is -2.21. The van der Waals surface area contributed by atoms with E-state index in [1.54, 1.807) is 13.3 Å². The molecular weight excluding hydrogens is 292 g/mol. The van der Waals surface area contributed by atoms with Gasteiger partial charge in [0.1, 0.15) is 11.5 Å². The van der Waals surface area contributed by atoms with Gasteiger partial charge in [0.2, 0.25) is 0 Å². The molecule has 1 aromatic heterocycles. The maximum atomic E-state index is 5.99. The minimum absolute atomic E-state index is 0.318. The van der Waals surface area contributed by atoms with Crippen LogP contribution in [0.5, 0.6) is 17.5 Å². The van der Waals surface area contributed by atoms with Crippen LogP contribution in [0.3, 0.4) is 0 Å². The lowest BCUT2D eigenvalue weighted by molar-refractivity contribution is 0.00110. The van der Waals surface area contributed by atoms with E-state index in [1.807, 2.05) is 54.6 Å². The molecule has 0 amide bonds. The minimum Gasteiger partial charge on any atom is -0.467 e. The monoisotopic (exact) mass is 306 g/mol. The number of fused-ring (bicyclic) bond motifs is 3. The largest absolute Gasteiger partial charge is 0.467 e. The van der Waals surface area contributed by atoms with Crippen LogP contribution in [0.25, 0.3) is 11.3 Å². The molecule has 114 valence electrons. The van der Waals surface area contributed by atoms with Crippen LogP contribution in [0.1, 0.15) is 11.9 Å². The van der Waals surface area contributed by atoms with Crippen LogP contribution < -0.4 is 14.2 Å². The molecule has 5 heteroatoms. The number of para-hydroxylation sites is 2. The highest BCUT2D eigenvalue weighted by atomic mass is 16.7. The summed E-state index contributed by atoms with van der Waals surface area (Å²) in [6.45, 7) is 0. The molecule has 1 aliphatic rings. The molecule has 0 radical (unpaired) electrons. The van der Waals surface area contributed by atoms with Crippen LogP contribution in [0.15, 0.2) is 60.8 Å². The fourth-order valence-electron chi connectivity index (χ4n) is 2.52. The van der Waals surface area contributed by atoms with Crippen molar-refractivity contribution in [2.75, 3.05) is 7.11 Å². The summed E-state index contributed by atoms with van der Waals surface area (Å²) in [6.07, 6.45) is 1.08. The number of aromatic nitrogens is 2. The highest BCUT2D eigenvalue weighted by Crippen LogP contribution is 2.41. The van der Waals surface area contributed by atoms with E-state index >= 15 is 0 Å². The van der Waals surface area contributed by atoms with Gasteiger partial charge in [-0.2, -0.15) is 4.98 Å². The van der Waals surface area contributed by atoms with Gasteiger partial charge in [0, 0.05) is 11.8 Å². The van der Waals surface area contributed by atoms with E-state index < -0.39 is 6.29 Å². The van der Waals surface area contributed by atoms with Crippen LogP contribution in [-0.4, -0.2) is 17.1 Å². The second-order valence-electron chi connectivity index (χ2n) is 5.04. The topological polar surface area (TPSA) is 53.5 Å². The number of hydrogen-bond acceptors (Lipinski definition) is 5. The number of hydrogen-bond donors (Lipinski definition) is 0. The Morgan fingerprint density at radius 2 is 1.78 bits per heavy atom. The summed E-state index contributed by atoms with van der Waals surface area (Å²) in [5.74, 6) is 1.44. The first-order valence-corrected chi connectivity index (χ1v) is 7.24. The summed E-state index contributed by atoms with van der Waals surface area (Å²) >= 11 is 0. The normalized spacial score (nSPS) is 15.1. The fourth-order valence-corrected chi connectivity index (χ4v) is 2.52. The standard InChI is InChI=1S/C18H14N2O3/c1-21-18-19-11-14-16(20-18)13-9-5-6-10-15(13)23-17(14)22-12-7-3-2-4-8-12/h2-11,17H,1H3. The average molecular weight is 306 g/mol. The smallest absolute Gasteiger partial charge is 0.316 e. The van der Waals surface area contributed by atoms with Crippen molar-refractivity contribution in [2.45, 2.75) is 6.29 Å². The van der Waals surface area contributed by atoms with E-state index in [0.29, 0.717) is 6.01 Å². The third-order valence-electron chi connectivity index (χ3n) is 3.59. The summed E-state index contributed by atoms with van der Waals surface area (Å²) in [6, 6.07) is 17.6. The van der Waals surface area contributed by atoms with Crippen molar-refractivity contribution in [1.82, 2.24) is 9.97 Å². The van der Waals surface area contributed by atoms with Gasteiger partial charge in [0.15, 0.2) is 0 Å². The molecule has 1 unspecified atom stereocenters. The lowest BCUT2D eigenvalue weighted by atomic mass is 10.0. The number of benzene rings is 2. The lowest BCUT2D eigenvalue weighted by Gasteiger charge is -2.27. The van der Waals surface area contributed by atoms with Crippen LogP contribution in [0, 0.1) is 0 Å². The molecule has 0 bridgehead atoms. The van der Waals surface area contributed by atoms with Crippen molar-refractivity contribution in [3.63, 3.8) is 0 Å². The van der Waals surface area contributed by atoms with Gasteiger partial charge in [-0.1, -0.05) is 30.3 Å². The summed E-state index contributed by atoms with van der Waals surface area (Å²) in [5.41, 5.74) is 2.43. The summed E-state index contributed by atoms with van der Waals surface area (Å²) in [4.78, 5) is 8.65. The molecule has 1 atom stereocenters. The molecule has 23 heavy (non-hydrogen) atoms. The Bertz CT molecular complexity index is 835. The van der Waals surface area contributed by atoms with Gasteiger partial charge in [0.25, 0.3) is 6.29 Å². The van der Waals surface area contributed by atoms with Crippen molar-refractivity contribution in [3.05, 3.63) is 66.4 Å². The number of rotatable bonds is 3. The molecule has 0 fully saturated rings. The van der Waals surface area contributed by atoms with Gasteiger partial charge in [-0.15, -0.1) is 0 Å². The average Bonchev–Trinajstić information content (AvgIpc) is 2.62. The highest BCUT2D eigenvalue weighted by molar-refractivity contribution is 5.72. The first kappa shape index (κ1) is 13.6. The second-order valence-corrected chi connectivity index (χ2v) is 5.04. The Morgan fingerprint density at radius 1 is 1.00 bits per heavy atom. The zero-order valence-electron chi connectivity index (χ0n) is 12.5. The van der Waals surface area contributed by atoms with E-state index in [9.17, 15) is 0 Å². The number of ether oxygens (including phenoxy) is 3. The first-order chi connectivity index (χ1) is 11.3. The molecule has 4 rings (SSSR count). The van der Waals surface area contributed by atoms with Gasteiger partial charge in [-0.05, 0) is 24.3 Å². The van der Waals surface area contributed by atoms with Crippen molar-refractivity contribution in [1.29, 1.82) is 0 Å². The second kappa shape index (κ2) is 5.61. The van der Waals surface area contributed by atoms with E-state index in [1.165, 1.54) is 0 Å². The Morgan fingerprint density at radius 3 is 2.61 bits per heavy atom. The van der Waals surface area contributed by atoms with Gasteiger partial charge in [-0.25, -0.2) is 4.98 Å². The minimum atomic E-state index is -0.604. The molecule has 2 aromatic carbocycles. The van der Waals surface area contributed by atoms with Gasteiger partial charge < -0.3 is 14.2 Å². The van der Waals surface area contributed by atoms with Gasteiger partial charge in [-0.3, -0.25) is 0 Å². The number of methoxy groups -OCH3 is 1. The van der Waals surface area contributed by atoms with Crippen LogP contribution >= 0.6 is 0 Å². The van der Waals surface area contributed by atoms with Crippen LogP contribution in [0.2, 0.25) is 0 Å². The number of nitrogens with zero attached hydrogens (tertiary/aromatic N) is 2. The summed E-state index contributed by atoms with van der Waals surface area (Å²) in [5, 5.41) is 0. The van der Waals surface area contributed by atoms with Crippen molar-refractivity contribution >= 4 is 0 Å².